The predicted molar refractivity (Wildman–Crippen MR) is 78.6 cm³/mol. The van der Waals surface area contributed by atoms with Gasteiger partial charge in [-0.1, -0.05) is 45.0 Å². The number of aryl methyl sites for hydroxylation is 2. The quantitative estimate of drug-likeness (QED) is 0.783. The smallest absolute Gasteiger partial charge is 0.0958 e. The second kappa shape index (κ2) is 4.97. The summed E-state index contributed by atoms with van der Waals surface area (Å²) in [5.74, 6) is 0.565. The van der Waals surface area contributed by atoms with Crippen LogP contribution in [0.4, 0.5) is 0 Å². The standard InChI is InChI=1S/C16H22N2/c1-6-13(10-11(2)3)16-14-9-7-8-12(4)15(14)17-18(16)5/h7-11H,6H2,1-5H3. The fourth-order valence-corrected chi connectivity index (χ4v) is 2.50. The molecule has 2 heteroatoms. The molecule has 0 radical (unpaired) electrons. The van der Waals surface area contributed by atoms with E-state index in [0.29, 0.717) is 5.92 Å². The van der Waals surface area contributed by atoms with Gasteiger partial charge in [0.1, 0.15) is 0 Å². The number of hydrogen-bond acceptors (Lipinski definition) is 1. The maximum absolute atomic E-state index is 4.66. The molecule has 2 aromatic rings. The third-order valence-electron chi connectivity index (χ3n) is 3.29. The Morgan fingerprint density at radius 3 is 2.72 bits per heavy atom. The van der Waals surface area contributed by atoms with Crippen LogP contribution in [0.5, 0.6) is 0 Å². The highest BCUT2D eigenvalue weighted by Gasteiger charge is 2.13. The Kier molecular flexibility index (Phi) is 3.55. The molecule has 1 heterocycles. The van der Waals surface area contributed by atoms with Crippen molar-refractivity contribution < 1.29 is 0 Å². The van der Waals surface area contributed by atoms with Crippen LogP contribution in [-0.2, 0) is 7.05 Å². The second-order valence-electron chi connectivity index (χ2n) is 5.23. The first-order valence-electron chi connectivity index (χ1n) is 6.68. The Labute approximate surface area is 109 Å². The van der Waals surface area contributed by atoms with Gasteiger partial charge in [0.05, 0.1) is 11.2 Å². The Balaban J connectivity index is 2.70. The summed E-state index contributed by atoms with van der Waals surface area (Å²) >= 11 is 0. The molecule has 0 atom stereocenters. The van der Waals surface area contributed by atoms with Crippen molar-refractivity contribution in [2.75, 3.05) is 0 Å². The molecule has 2 rings (SSSR count). The molecule has 0 fully saturated rings. The first kappa shape index (κ1) is 12.9. The van der Waals surface area contributed by atoms with Gasteiger partial charge >= 0.3 is 0 Å². The molecule has 18 heavy (non-hydrogen) atoms. The van der Waals surface area contributed by atoms with Gasteiger partial charge in [-0.3, -0.25) is 4.68 Å². The van der Waals surface area contributed by atoms with Crippen LogP contribution in [0.3, 0.4) is 0 Å². The van der Waals surface area contributed by atoms with Gasteiger partial charge in [0.15, 0.2) is 0 Å². The van der Waals surface area contributed by atoms with E-state index >= 15 is 0 Å². The molecule has 0 spiro atoms. The molecular formula is C16H22N2. The van der Waals surface area contributed by atoms with Gasteiger partial charge in [-0.15, -0.1) is 0 Å². The zero-order valence-electron chi connectivity index (χ0n) is 12.0. The number of rotatable bonds is 3. The van der Waals surface area contributed by atoms with Gasteiger partial charge in [0.25, 0.3) is 0 Å². The van der Waals surface area contributed by atoms with E-state index in [-0.39, 0.29) is 0 Å². The first-order valence-corrected chi connectivity index (χ1v) is 6.68. The van der Waals surface area contributed by atoms with Crippen LogP contribution < -0.4 is 0 Å². The lowest BCUT2D eigenvalue weighted by Crippen LogP contribution is -1.98. The van der Waals surface area contributed by atoms with Crippen LogP contribution in [-0.4, -0.2) is 9.78 Å². The van der Waals surface area contributed by atoms with E-state index in [0.717, 1.165) is 11.9 Å². The fourth-order valence-electron chi connectivity index (χ4n) is 2.50. The molecule has 0 aliphatic rings. The monoisotopic (exact) mass is 242 g/mol. The molecule has 2 nitrogen and oxygen atoms in total. The Bertz CT molecular complexity index is 588. The highest BCUT2D eigenvalue weighted by molar-refractivity contribution is 5.92. The highest BCUT2D eigenvalue weighted by atomic mass is 15.3. The molecule has 0 saturated heterocycles. The number of benzene rings is 1. The van der Waals surface area contributed by atoms with Crippen molar-refractivity contribution in [2.24, 2.45) is 13.0 Å². The van der Waals surface area contributed by atoms with Crippen LogP contribution >= 0.6 is 0 Å². The molecule has 0 N–H and O–H groups in total. The molecular weight excluding hydrogens is 220 g/mol. The maximum Gasteiger partial charge on any atom is 0.0958 e. The van der Waals surface area contributed by atoms with Crippen molar-refractivity contribution in [3.8, 4) is 0 Å². The minimum absolute atomic E-state index is 0.565. The zero-order valence-corrected chi connectivity index (χ0v) is 12.0. The van der Waals surface area contributed by atoms with Crippen molar-refractivity contribution in [1.29, 1.82) is 0 Å². The first-order chi connectivity index (χ1) is 8.54. The molecule has 1 aromatic carbocycles. The van der Waals surface area contributed by atoms with Crippen molar-refractivity contribution in [3.63, 3.8) is 0 Å². The minimum atomic E-state index is 0.565. The van der Waals surface area contributed by atoms with Crippen LogP contribution in [0.1, 0.15) is 38.4 Å². The third-order valence-corrected chi connectivity index (χ3v) is 3.29. The van der Waals surface area contributed by atoms with Crippen molar-refractivity contribution >= 4 is 16.5 Å². The van der Waals surface area contributed by atoms with Gasteiger partial charge in [0.2, 0.25) is 0 Å². The average molecular weight is 242 g/mol. The Morgan fingerprint density at radius 2 is 2.11 bits per heavy atom. The summed E-state index contributed by atoms with van der Waals surface area (Å²) in [5, 5.41) is 5.93. The van der Waals surface area contributed by atoms with Crippen molar-refractivity contribution in [1.82, 2.24) is 9.78 Å². The summed E-state index contributed by atoms with van der Waals surface area (Å²) in [4.78, 5) is 0. The lowest BCUT2D eigenvalue weighted by atomic mass is 10.0. The maximum atomic E-state index is 4.66. The van der Waals surface area contributed by atoms with Crippen LogP contribution in [0.15, 0.2) is 24.3 Å². The molecule has 1 aromatic heterocycles. The largest absolute Gasteiger partial charge is 0.267 e. The second-order valence-corrected chi connectivity index (χ2v) is 5.23. The van der Waals surface area contributed by atoms with Gasteiger partial charge in [-0.2, -0.15) is 5.10 Å². The number of hydrogen-bond donors (Lipinski definition) is 0. The van der Waals surface area contributed by atoms with Crippen molar-refractivity contribution in [2.45, 2.75) is 34.1 Å². The van der Waals surface area contributed by atoms with E-state index in [1.54, 1.807) is 0 Å². The van der Waals surface area contributed by atoms with E-state index in [1.165, 1.54) is 22.2 Å². The van der Waals surface area contributed by atoms with Crippen LogP contribution in [0.25, 0.3) is 16.5 Å². The van der Waals surface area contributed by atoms with Gasteiger partial charge in [0, 0.05) is 12.4 Å². The van der Waals surface area contributed by atoms with Gasteiger partial charge in [-0.05, 0) is 30.4 Å². The summed E-state index contributed by atoms with van der Waals surface area (Å²) in [6.07, 6.45) is 3.39. The lowest BCUT2D eigenvalue weighted by molar-refractivity contribution is 0.759. The van der Waals surface area contributed by atoms with Crippen molar-refractivity contribution in [3.05, 3.63) is 35.5 Å². The summed E-state index contributed by atoms with van der Waals surface area (Å²) in [5.41, 5.74) is 5.03. The van der Waals surface area contributed by atoms with E-state index in [4.69, 9.17) is 0 Å². The van der Waals surface area contributed by atoms with E-state index in [9.17, 15) is 0 Å². The molecule has 0 bridgehead atoms. The zero-order chi connectivity index (χ0) is 13.3. The van der Waals surface area contributed by atoms with Gasteiger partial charge < -0.3 is 0 Å². The predicted octanol–water partition coefficient (Wildman–Crippen LogP) is 4.33. The van der Waals surface area contributed by atoms with E-state index < -0.39 is 0 Å². The Hall–Kier alpha value is -1.57. The average Bonchev–Trinajstić information content (AvgIpc) is 2.64. The molecule has 0 aliphatic heterocycles. The summed E-state index contributed by atoms with van der Waals surface area (Å²) in [7, 11) is 2.04. The third kappa shape index (κ3) is 2.20. The van der Waals surface area contributed by atoms with Gasteiger partial charge in [-0.25, -0.2) is 0 Å². The lowest BCUT2D eigenvalue weighted by Gasteiger charge is -2.08. The molecule has 0 saturated carbocycles. The summed E-state index contributed by atoms with van der Waals surface area (Å²) in [6.45, 7) is 8.78. The van der Waals surface area contributed by atoms with Crippen LogP contribution in [0, 0.1) is 12.8 Å². The van der Waals surface area contributed by atoms with E-state index in [1.807, 2.05) is 11.7 Å². The topological polar surface area (TPSA) is 17.8 Å². The number of allylic oxidation sites excluding steroid dienone is 2. The molecule has 0 aliphatic carbocycles. The minimum Gasteiger partial charge on any atom is -0.267 e. The number of fused-ring (bicyclic) bond motifs is 1. The SMILES string of the molecule is CCC(=CC(C)C)c1c2cccc(C)c2nn1C. The molecule has 0 amide bonds. The van der Waals surface area contributed by atoms with E-state index in [2.05, 4.69) is 57.1 Å². The fraction of sp³-hybridized carbons (Fsp3) is 0.438. The highest BCUT2D eigenvalue weighted by Crippen LogP contribution is 2.29. The summed E-state index contributed by atoms with van der Waals surface area (Å²) in [6, 6.07) is 6.41. The van der Waals surface area contributed by atoms with Crippen LogP contribution in [0.2, 0.25) is 0 Å². The number of aromatic nitrogens is 2. The summed E-state index contributed by atoms with van der Waals surface area (Å²) < 4.78 is 2.02. The Morgan fingerprint density at radius 1 is 1.39 bits per heavy atom. The normalized spacial score (nSPS) is 12.7. The number of nitrogens with zero attached hydrogens (tertiary/aromatic N) is 2. The molecule has 0 unspecified atom stereocenters. The molecule has 96 valence electrons.